The summed E-state index contributed by atoms with van der Waals surface area (Å²) in [6, 6.07) is 20.5. The summed E-state index contributed by atoms with van der Waals surface area (Å²) in [5.74, 6) is 0.0879. The highest BCUT2D eigenvalue weighted by Crippen LogP contribution is 2.32. The normalized spacial score (nSPS) is 14.1. The van der Waals surface area contributed by atoms with Gasteiger partial charge in [-0.3, -0.25) is 9.78 Å². The maximum Gasteiger partial charge on any atom is 0.433 e. The number of carbonyl (C=O) groups is 2. The van der Waals surface area contributed by atoms with Crippen molar-refractivity contribution < 1.29 is 27.9 Å². The van der Waals surface area contributed by atoms with Gasteiger partial charge in [0.1, 0.15) is 29.5 Å². The number of ketones is 1. The number of Topliss-reactive ketones (excluding diaryl/α,β-unsaturated/α-hetero) is 1. The Bertz CT molecular complexity index is 2410. The van der Waals surface area contributed by atoms with Crippen molar-refractivity contribution in [2.75, 3.05) is 49.1 Å². The van der Waals surface area contributed by atoms with Gasteiger partial charge < -0.3 is 20.2 Å². The molecule has 2 aliphatic heterocycles. The van der Waals surface area contributed by atoms with Gasteiger partial charge in [-0.2, -0.15) is 23.7 Å². The maximum atomic E-state index is 12.9. The van der Waals surface area contributed by atoms with Gasteiger partial charge >= 0.3 is 12.1 Å². The van der Waals surface area contributed by atoms with Gasteiger partial charge in [0.2, 0.25) is 0 Å². The van der Waals surface area contributed by atoms with Crippen LogP contribution in [-0.2, 0) is 12.6 Å². The zero-order valence-corrected chi connectivity index (χ0v) is 32.1. The Morgan fingerprint density at radius 3 is 1.81 bits per heavy atom. The van der Waals surface area contributed by atoms with Gasteiger partial charge in [0, 0.05) is 81.0 Å². The number of alkyl halides is 3. The summed E-state index contributed by atoms with van der Waals surface area (Å²) in [6.07, 6.45) is 3.18. The molecule has 0 spiro atoms. The second-order valence-electron chi connectivity index (χ2n) is 14.2. The minimum atomic E-state index is -4.57. The van der Waals surface area contributed by atoms with Gasteiger partial charge in [-0.1, -0.05) is 18.2 Å². The predicted octanol–water partition coefficient (Wildman–Crippen LogP) is 7.79. The number of aryl methyl sites for hydroxylation is 2. The molecule has 2 N–H and O–H groups in total. The lowest BCUT2D eigenvalue weighted by Crippen LogP contribution is -2.44. The molecule has 296 valence electrons. The molecule has 0 amide bonds. The lowest BCUT2D eigenvalue weighted by atomic mass is 9.95. The smallest absolute Gasteiger partial charge is 0.433 e. The van der Waals surface area contributed by atoms with Crippen LogP contribution in [0.4, 0.5) is 24.8 Å². The van der Waals surface area contributed by atoms with Crippen molar-refractivity contribution in [2.45, 2.75) is 45.7 Å². The number of nitrogens with zero attached hydrogens (tertiary/aromatic N) is 7. The zero-order valence-electron chi connectivity index (χ0n) is 32.1. The van der Waals surface area contributed by atoms with Gasteiger partial charge in [-0.05, 0) is 103 Å². The summed E-state index contributed by atoms with van der Waals surface area (Å²) in [7, 11) is 0. The van der Waals surface area contributed by atoms with Gasteiger partial charge in [0.15, 0.2) is 5.78 Å². The van der Waals surface area contributed by atoms with Crippen molar-refractivity contribution in [3.63, 3.8) is 0 Å². The Hall–Kier alpha value is -6.64. The van der Waals surface area contributed by atoms with E-state index in [0.717, 1.165) is 98.0 Å². The molecule has 2 fully saturated rings. The Balaban J connectivity index is 0.000000208. The number of rotatable bonds is 8. The molecule has 0 radical (unpaired) electrons. The second kappa shape index (κ2) is 18.1. The fourth-order valence-electron chi connectivity index (χ4n) is 7.06. The number of halogens is 3. The highest BCUT2D eigenvalue weighted by atomic mass is 19.4. The van der Waals surface area contributed by atoms with Crippen molar-refractivity contribution >= 4 is 23.4 Å². The molecule has 0 bridgehead atoms. The number of pyridine rings is 3. The first kappa shape index (κ1) is 41.0. The van der Waals surface area contributed by atoms with E-state index in [9.17, 15) is 38.4 Å². The molecule has 0 saturated carbocycles. The SMILES string of the molecule is Cc1ccc(C(=O)Cc2ccnc(C(F)(F)F)c2)cc1-c1cnc(N2CCNCC2)c(C#N)c1.Cc1ccc(C(=O)O)cc1-c1cnc(N2CCCCC2)c(C#N)c1. The number of carboxylic acid groups (broad SMARTS) is 1. The third kappa shape index (κ3) is 9.65. The van der Waals surface area contributed by atoms with E-state index in [2.05, 4.69) is 42.2 Å². The van der Waals surface area contributed by atoms with Crippen LogP contribution in [0.2, 0.25) is 0 Å². The van der Waals surface area contributed by atoms with Crippen LogP contribution in [0, 0.1) is 36.5 Å². The van der Waals surface area contributed by atoms with E-state index < -0.39 is 17.8 Å². The van der Waals surface area contributed by atoms with E-state index in [1.54, 1.807) is 54.9 Å². The molecule has 3 aromatic heterocycles. The van der Waals surface area contributed by atoms with Crippen LogP contribution in [0.15, 0.2) is 79.3 Å². The van der Waals surface area contributed by atoms with Gasteiger partial charge in [-0.15, -0.1) is 0 Å². The first-order valence-electron chi connectivity index (χ1n) is 18.9. The minimum Gasteiger partial charge on any atom is -0.478 e. The number of hydrogen-bond acceptors (Lipinski definition) is 10. The Kier molecular flexibility index (Phi) is 12.8. The number of aromatic carboxylic acids is 1. The van der Waals surface area contributed by atoms with Crippen LogP contribution in [0.3, 0.4) is 0 Å². The number of benzene rings is 2. The van der Waals surface area contributed by atoms with Crippen molar-refractivity contribution in [1.82, 2.24) is 20.3 Å². The van der Waals surface area contributed by atoms with Crippen molar-refractivity contribution in [1.29, 1.82) is 10.5 Å². The molecule has 14 heteroatoms. The van der Waals surface area contributed by atoms with E-state index in [-0.39, 0.29) is 23.3 Å². The number of hydrogen-bond donors (Lipinski definition) is 2. The Morgan fingerprint density at radius 1 is 0.741 bits per heavy atom. The fraction of sp³-hybridized carbons (Fsp3) is 0.295. The third-order valence-corrected chi connectivity index (χ3v) is 10.2. The van der Waals surface area contributed by atoms with E-state index in [4.69, 9.17) is 0 Å². The molecule has 5 aromatic rings. The number of nitrogens with one attached hydrogen (secondary N) is 1. The largest absolute Gasteiger partial charge is 0.478 e. The molecular weight excluding hydrogens is 746 g/mol. The topological polar surface area (TPSA) is 159 Å². The average molecular weight is 787 g/mol. The Labute approximate surface area is 334 Å². The summed E-state index contributed by atoms with van der Waals surface area (Å²) in [6.45, 7) is 8.82. The summed E-state index contributed by atoms with van der Waals surface area (Å²) in [4.78, 5) is 40.7. The number of aromatic nitrogens is 3. The molecule has 5 heterocycles. The highest BCUT2D eigenvalue weighted by molar-refractivity contribution is 5.99. The van der Waals surface area contributed by atoms with Gasteiger partial charge in [-0.25, -0.2) is 14.8 Å². The monoisotopic (exact) mass is 786 g/mol. The van der Waals surface area contributed by atoms with Crippen LogP contribution >= 0.6 is 0 Å². The third-order valence-electron chi connectivity index (χ3n) is 10.2. The second-order valence-corrected chi connectivity index (χ2v) is 14.2. The number of carbonyl (C=O) groups excluding carboxylic acids is 1. The summed E-state index contributed by atoms with van der Waals surface area (Å²) < 4.78 is 38.8. The predicted molar refractivity (Wildman–Crippen MR) is 214 cm³/mol. The lowest BCUT2D eigenvalue weighted by molar-refractivity contribution is -0.141. The van der Waals surface area contributed by atoms with E-state index in [0.29, 0.717) is 28.1 Å². The summed E-state index contributed by atoms with van der Waals surface area (Å²) in [5.41, 5.74) is 5.66. The fourth-order valence-corrected chi connectivity index (χ4v) is 7.06. The van der Waals surface area contributed by atoms with E-state index in [1.165, 1.54) is 12.5 Å². The number of carboxylic acids is 1. The average Bonchev–Trinajstić information content (AvgIpc) is 3.24. The standard InChI is InChI=1S/C25H22F3N5O.C19H19N3O2/c1-16-2-3-18(22(34)10-17-4-5-31-23(11-17)25(26,27)28)13-21(16)20-12-19(14-29)24(32-15-20)33-8-6-30-7-9-33;1-13-5-6-14(19(23)24)10-17(13)16-9-15(11-20)18(21-12-16)22-7-3-2-4-8-22/h2-5,11-13,15,30H,6-10H2,1H3;5-6,9-10,12H,2-4,7-8H2,1H3,(H,23,24). The summed E-state index contributed by atoms with van der Waals surface area (Å²) in [5, 5.41) is 31.7. The van der Waals surface area contributed by atoms with Crippen LogP contribution < -0.4 is 15.1 Å². The molecule has 58 heavy (non-hydrogen) atoms. The minimum absolute atomic E-state index is 0.183. The van der Waals surface area contributed by atoms with Crippen LogP contribution in [0.1, 0.15) is 73.5 Å². The first-order chi connectivity index (χ1) is 27.9. The molecular formula is C44H41F3N8O3. The molecule has 2 saturated heterocycles. The zero-order chi connectivity index (χ0) is 41.4. The molecule has 0 unspecified atom stereocenters. The van der Waals surface area contributed by atoms with Crippen molar-refractivity contribution in [3.05, 3.63) is 124 Å². The van der Waals surface area contributed by atoms with E-state index in [1.807, 2.05) is 19.9 Å². The number of nitriles is 2. The molecule has 2 aromatic carbocycles. The Morgan fingerprint density at radius 2 is 1.28 bits per heavy atom. The molecule has 7 rings (SSSR count). The van der Waals surface area contributed by atoms with Crippen LogP contribution in [-0.4, -0.2) is 71.1 Å². The number of anilines is 2. The molecule has 11 nitrogen and oxygen atoms in total. The maximum absolute atomic E-state index is 12.9. The van der Waals surface area contributed by atoms with E-state index >= 15 is 0 Å². The van der Waals surface area contributed by atoms with Crippen molar-refractivity contribution in [3.8, 4) is 34.4 Å². The quantitative estimate of drug-likeness (QED) is 0.148. The van der Waals surface area contributed by atoms with Crippen molar-refractivity contribution in [2.24, 2.45) is 0 Å². The van der Waals surface area contributed by atoms with Crippen LogP contribution in [0.5, 0.6) is 0 Å². The lowest BCUT2D eigenvalue weighted by Gasteiger charge is -2.29. The molecule has 0 atom stereocenters. The molecule has 0 aliphatic carbocycles. The first-order valence-corrected chi connectivity index (χ1v) is 18.9. The van der Waals surface area contributed by atoms with Gasteiger partial charge in [0.05, 0.1) is 16.7 Å². The summed E-state index contributed by atoms with van der Waals surface area (Å²) >= 11 is 0. The number of piperidine rings is 1. The van der Waals surface area contributed by atoms with Gasteiger partial charge in [0.25, 0.3) is 0 Å². The number of piperazine rings is 1. The molecule has 2 aliphatic rings. The van der Waals surface area contributed by atoms with Crippen LogP contribution in [0.25, 0.3) is 22.3 Å². The highest BCUT2D eigenvalue weighted by Gasteiger charge is 2.32.